The number of likely N-dealkylation sites (N-methyl/N-ethyl adjacent to an activating group) is 1. The third kappa shape index (κ3) is 5.00. The summed E-state index contributed by atoms with van der Waals surface area (Å²) in [5.74, 6) is 0.793. The Balaban J connectivity index is 1.61. The Hall–Kier alpha value is -3.16. The van der Waals surface area contributed by atoms with Gasteiger partial charge in [-0.3, -0.25) is 14.2 Å². The first-order valence-electron chi connectivity index (χ1n) is 11.2. The van der Waals surface area contributed by atoms with Gasteiger partial charge in [0.2, 0.25) is 5.91 Å². The molecule has 1 amide bonds. The molecule has 0 N–H and O–H groups in total. The number of hydrogen-bond donors (Lipinski definition) is 0. The molecule has 0 atom stereocenters. The zero-order valence-electron chi connectivity index (χ0n) is 19.4. The highest BCUT2D eigenvalue weighted by atomic mass is 35.5. The molecule has 0 aliphatic carbocycles. The molecule has 0 fully saturated rings. The maximum atomic E-state index is 13.3. The van der Waals surface area contributed by atoms with Gasteiger partial charge in [-0.25, -0.2) is 4.98 Å². The first kappa shape index (κ1) is 24.0. The van der Waals surface area contributed by atoms with Crippen molar-refractivity contribution in [2.24, 2.45) is 0 Å². The van der Waals surface area contributed by atoms with Crippen LogP contribution in [-0.2, 0) is 11.2 Å². The predicted molar refractivity (Wildman–Crippen MR) is 138 cm³/mol. The summed E-state index contributed by atoms with van der Waals surface area (Å²) in [5, 5.41) is 0.672. The smallest absolute Gasteiger partial charge is 0.275 e. The summed E-state index contributed by atoms with van der Waals surface area (Å²) in [7, 11) is 0. The number of fused-ring (bicyclic) bond motifs is 1. The highest BCUT2D eigenvalue weighted by molar-refractivity contribution is 7.22. The van der Waals surface area contributed by atoms with Crippen LogP contribution in [0.1, 0.15) is 26.3 Å². The normalized spacial score (nSPS) is 11.1. The molecule has 0 saturated heterocycles. The van der Waals surface area contributed by atoms with E-state index in [2.05, 4.69) is 4.98 Å². The lowest BCUT2D eigenvalue weighted by Gasteiger charge is -2.20. The summed E-state index contributed by atoms with van der Waals surface area (Å²) in [6.45, 7) is 7.15. The van der Waals surface area contributed by atoms with Crippen LogP contribution in [0, 0.1) is 0 Å². The van der Waals surface area contributed by atoms with Crippen LogP contribution >= 0.6 is 22.9 Å². The Morgan fingerprint density at radius 1 is 1.15 bits per heavy atom. The van der Waals surface area contributed by atoms with Gasteiger partial charge in [-0.15, -0.1) is 11.3 Å². The molecule has 6 nitrogen and oxygen atoms in total. The molecule has 4 rings (SSSR count). The van der Waals surface area contributed by atoms with Crippen molar-refractivity contribution in [3.05, 3.63) is 75.8 Å². The van der Waals surface area contributed by atoms with Crippen LogP contribution in [0.4, 0.5) is 0 Å². The Bertz CT molecular complexity index is 1380. The number of hydrogen-bond acceptors (Lipinski definition) is 5. The first-order valence-corrected chi connectivity index (χ1v) is 12.4. The number of aromatic nitrogens is 2. The topological polar surface area (TPSA) is 64.4 Å². The number of benzene rings is 2. The van der Waals surface area contributed by atoms with Gasteiger partial charge in [0.05, 0.1) is 17.7 Å². The highest BCUT2D eigenvalue weighted by Gasteiger charge is 2.13. The van der Waals surface area contributed by atoms with Gasteiger partial charge in [0, 0.05) is 23.4 Å². The van der Waals surface area contributed by atoms with Crippen LogP contribution in [0.5, 0.6) is 5.75 Å². The molecule has 4 aromatic rings. The van der Waals surface area contributed by atoms with E-state index in [1.54, 1.807) is 22.7 Å². The number of thiophene rings is 1. The largest absolute Gasteiger partial charge is 0.491 e. The summed E-state index contributed by atoms with van der Waals surface area (Å²) in [5.41, 5.74) is 3.30. The van der Waals surface area contributed by atoms with Crippen LogP contribution in [0.25, 0.3) is 26.3 Å². The van der Waals surface area contributed by atoms with Gasteiger partial charge in [0.15, 0.2) is 0 Å². The van der Waals surface area contributed by atoms with Crippen molar-refractivity contribution in [2.75, 3.05) is 19.7 Å². The SMILES string of the molecule is CCc1cc(-n2cnc3cc(-c4ccc(Cl)cc4)sc3c2=O)ccc1OCCN(CC)C(C)=O. The van der Waals surface area contributed by atoms with Crippen molar-refractivity contribution in [1.82, 2.24) is 14.5 Å². The fraction of sp³-hybridized carbons (Fsp3) is 0.269. The number of amides is 1. The molecule has 176 valence electrons. The molecule has 2 aromatic heterocycles. The summed E-state index contributed by atoms with van der Waals surface area (Å²) < 4.78 is 8.14. The molecular formula is C26H26ClN3O3S. The monoisotopic (exact) mass is 495 g/mol. The van der Waals surface area contributed by atoms with Gasteiger partial charge in [-0.05, 0) is 60.9 Å². The van der Waals surface area contributed by atoms with E-state index < -0.39 is 0 Å². The van der Waals surface area contributed by atoms with Crippen LogP contribution in [-0.4, -0.2) is 40.1 Å². The second kappa shape index (κ2) is 10.4. The van der Waals surface area contributed by atoms with Crippen LogP contribution < -0.4 is 10.3 Å². The average Bonchev–Trinajstić information content (AvgIpc) is 3.28. The molecule has 0 saturated carbocycles. The third-order valence-electron chi connectivity index (χ3n) is 5.72. The number of nitrogens with zero attached hydrogens (tertiary/aromatic N) is 3. The van der Waals surface area contributed by atoms with Crippen molar-refractivity contribution < 1.29 is 9.53 Å². The number of ether oxygens (including phenoxy) is 1. The molecule has 2 aromatic carbocycles. The summed E-state index contributed by atoms with van der Waals surface area (Å²) >= 11 is 7.43. The van der Waals surface area contributed by atoms with Crippen LogP contribution in [0.2, 0.25) is 5.02 Å². The molecule has 0 radical (unpaired) electrons. The number of aryl methyl sites for hydroxylation is 1. The maximum Gasteiger partial charge on any atom is 0.275 e. The van der Waals surface area contributed by atoms with E-state index in [4.69, 9.17) is 16.3 Å². The van der Waals surface area contributed by atoms with Crippen molar-refractivity contribution in [3.63, 3.8) is 0 Å². The summed E-state index contributed by atoms with van der Waals surface area (Å²) in [6.07, 6.45) is 2.32. The molecule has 0 bridgehead atoms. The van der Waals surface area contributed by atoms with Crippen molar-refractivity contribution in [1.29, 1.82) is 0 Å². The van der Waals surface area contributed by atoms with Gasteiger partial charge in [-0.2, -0.15) is 0 Å². The zero-order chi connectivity index (χ0) is 24.2. The fourth-order valence-corrected chi connectivity index (χ4v) is 4.96. The number of halogens is 1. The Morgan fingerprint density at radius 3 is 2.59 bits per heavy atom. The Labute approximate surface area is 207 Å². The third-order valence-corrected chi connectivity index (χ3v) is 7.13. The predicted octanol–water partition coefficient (Wildman–Crippen LogP) is 5.58. The molecule has 0 aliphatic rings. The van der Waals surface area contributed by atoms with Crippen molar-refractivity contribution in [3.8, 4) is 21.9 Å². The summed E-state index contributed by atoms with van der Waals surface area (Å²) in [4.78, 5) is 32.1. The van der Waals surface area contributed by atoms with Gasteiger partial charge >= 0.3 is 0 Å². The van der Waals surface area contributed by atoms with E-state index in [1.165, 1.54) is 11.3 Å². The van der Waals surface area contributed by atoms with Crippen molar-refractivity contribution >= 4 is 39.1 Å². The standard InChI is InChI=1S/C26H26ClN3O3S/c1-4-18-14-21(10-11-23(18)33-13-12-29(5-2)17(3)31)30-16-28-22-15-24(34-25(22)26(30)32)19-6-8-20(27)9-7-19/h6-11,14-16H,4-5,12-13H2,1-3H3. The minimum absolute atomic E-state index is 0.0345. The Morgan fingerprint density at radius 2 is 1.91 bits per heavy atom. The van der Waals surface area contributed by atoms with E-state index in [9.17, 15) is 9.59 Å². The minimum Gasteiger partial charge on any atom is -0.491 e. The summed E-state index contributed by atoms with van der Waals surface area (Å²) in [6, 6.07) is 15.2. The van der Waals surface area contributed by atoms with E-state index in [0.717, 1.165) is 33.9 Å². The maximum absolute atomic E-state index is 13.3. The van der Waals surface area contributed by atoms with E-state index >= 15 is 0 Å². The second-order valence-corrected chi connectivity index (χ2v) is 9.33. The quantitative estimate of drug-likeness (QED) is 0.320. The van der Waals surface area contributed by atoms with Crippen LogP contribution in [0.3, 0.4) is 0 Å². The highest BCUT2D eigenvalue weighted by Crippen LogP contribution is 2.32. The molecule has 2 heterocycles. The lowest BCUT2D eigenvalue weighted by atomic mass is 10.1. The van der Waals surface area contributed by atoms with Gasteiger partial charge < -0.3 is 9.64 Å². The molecular weight excluding hydrogens is 470 g/mol. The number of carbonyl (C=O) groups excluding carboxylic acids is 1. The minimum atomic E-state index is -0.106. The first-order chi connectivity index (χ1) is 16.4. The fourth-order valence-electron chi connectivity index (χ4n) is 3.79. The van der Waals surface area contributed by atoms with Gasteiger partial charge in [0.25, 0.3) is 5.56 Å². The molecule has 8 heteroatoms. The zero-order valence-corrected chi connectivity index (χ0v) is 20.9. The van der Waals surface area contributed by atoms with Crippen LogP contribution in [0.15, 0.2) is 59.7 Å². The number of rotatable bonds is 8. The van der Waals surface area contributed by atoms with E-state index in [-0.39, 0.29) is 11.5 Å². The Kier molecular flexibility index (Phi) is 7.34. The van der Waals surface area contributed by atoms with E-state index in [1.807, 2.05) is 62.4 Å². The van der Waals surface area contributed by atoms with Gasteiger partial charge in [-0.1, -0.05) is 30.7 Å². The lowest BCUT2D eigenvalue weighted by Crippen LogP contribution is -2.32. The van der Waals surface area contributed by atoms with Gasteiger partial charge in [0.1, 0.15) is 23.4 Å². The van der Waals surface area contributed by atoms with Crippen molar-refractivity contribution in [2.45, 2.75) is 27.2 Å². The molecule has 0 aliphatic heterocycles. The molecule has 0 unspecified atom stereocenters. The number of carbonyl (C=O) groups is 1. The average molecular weight is 496 g/mol. The van der Waals surface area contributed by atoms with E-state index in [0.29, 0.717) is 34.9 Å². The molecule has 34 heavy (non-hydrogen) atoms. The lowest BCUT2D eigenvalue weighted by molar-refractivity contribution is -0.129. The second-order valence-electron chi connectivity index (χ2n) is 7.84. The molecule has 0 spiro atoms.